The Morgan fingerprint density at radius 3 is 2.06 bits per heavy atom. The second kappa shape index (κ2) is 12.1. The Balaban J connectivity index is 1.43. The van der Waals surface area contributed by atoms with Gasteiger partial charge in [-0.15, -0.1) is 0 Å². The molecule has 0 aromatic heterocycles. The van der Waals surface area contributed by atoms with Crippen LogP contribution in [0.3, 0.4) is 0 Å². The highest BCUT2D eigenvalue weighted by Gasteiger charge is 2.08. The summed E-state index contributed by atoms with van der Waals surface area (Å²) < 4.78 is 11.3. The molecule has 0 bridgehead atoms. The maximum absolute atomic E-state index is 12.4. The van der Waals surface area contributed by atoms with E-state index >= 15 is 0 Å². The van der Waals surface area contributed by atoms with Crippen molar-refractivity contribution in [2.45, 2.75) is 13.8 Å². The Morgan fingerprint density at radius 1 is 0.727 bits per heavy atom. The molecule has 3 aromatic rings. The van der Waals surface area contributed by atoms with Gasteiger partial charge in [0, 0.05) is 29.0 Å². The number of amides is 2. The van der Waals surface area contributed by atoms with Crippen LogP contribution >= 0.6 is 0 Å². The Kier molecular flexibility index (Phi) is 8.71. The van der Waals surface area contributed by atoms with E-state index in [1.807, 2.05) is 74.5 Å². The van der Waals surface area contributed by atoms with Crippen molar-refractivity contribution >= 4 is 28.9 Å². The third kappa shape index (κ3) is 8.22. The molecule has 172 valence electrons. The van der Waals surface area contributed by atoms with E-state index in [4.69, 9.17) is 9.47 Å². The zero-order valence-electron chi connectivity index (χ0n) is 18.8. The van der Waals surface area contributed by atoms with Gasteiger partial charge >= 0.3 is 0 Å². The molecule has 0 aliphatic rings. The van der Waals surface area contributed by atoms with Crippen LogP contribution in [0.5, 0.6) is 11.5 Å². The van der Waals surface area contributed by atoms with Gasteiger partial charge in [-0.1, -0.05) is 44.2 Å². The molecule has 3 N–H and O–H groups in total. The van der Waals surface area contributed by atoms with Crippen LogP contribution in [0.25, 0.3) is 0 Å². The number of carbonyl (C=O) groups is 2. The second-order valence-electron chi connectivity index (χ2n) is 7.66. The van der Waals surface area contributed by atoms with Gasteiger partial charge in [-0.25, -0.2) is 0 Å². The number of ether oxygens (including phenoxy) is 2. The Bertz CT molecular complexity index is 1050. The molecule has 7 heteroatoms. The standard InChI is InChI=1S/C26H29N3O4/c1-19(2)26(31)29-21-9-6-8-20(16-21)27-18-25(30)28-22-10-7-13-24(17-22)33-15-14-32-23-11-4-3-5-12-23/h3-13,16-17,19,27H,14-15,18H2,1-2H3,(H,28,30)(H,29,31). The molecule has 3 rings (SSSR count). The van der Waals surface area contributed by atoms with Gasteiger partial charge < -0.3 is 25.4 Å². The highest BCUT2D eigenvalue weighted by atomic mass is 16.5. The normalized spacial score (nSPS) is 10.4. The summed E-state index contributed by atoms with van der Waals surface area (Å²) in [6, 6.07) is 24.0. The number of para-hydroxylation sites is 1. The molecular formula is C26H29N3O4. The first-order chi connectivity index (χ1) is 16.0. The van der Waals surface area contributed by atoms with E-state index in [1.165, 1.54) is 0 Å². The van der Waals surface area contributed by atoms with E-state index in [2.05, 4.69) is 16.0 Å². The van der Waals surface area contributed by atoms with Crippen LogP contribution in [-0.2, 0) is 9.59 Å². The average Bonchev–Trinajstić information content (AvgIpc) is 2.82. The van der Waals surface area contributed by atoms with Gasteiger partial charge in [0.2, 0.25) is 11.8 Å². The van der Waals surface area contributed by atoms with Crippen LogP contribution in [0.1, 0.15) is 13.8 Å². The Labute approximate surface area is 194 Å². The largest absolute Gasteiger partial charge is 0.490 e. The molecule has 2 amide bonds. The number of nitrogens with one attached hydrogen (secondary N) is 3. The first-order valence-electron chi connectivity index (χ1n) is 10.8. The monoisotopic (exact) mass is 447 g/mol. The Hall–Kier alpha value is -4.00. The van der Waals surface area contributed by atoms with Crippen molar-refractivity contribution in [2.24, 2.45) is 5.92 Å². The molecular weight excluding hydrogens is 418 g/mol. The number of benzene rings is 3. The van der Waals surface area contributed by atoms with E-state index < -0.39 is 0 Å². The lowest BCUT2D eigenvalue weighted by Gasteiger charge is -2.12. The van der Waals surface area contributed by atoms with Gasteiger partial charge in [0.05, 0.1) is 6.54 Å². The fraction of sp³-hybridized carbons (Fsp3) is 0.231. The van der Waals surface area contributed by atoms with Crippen molar-refractivity contribution in [3.63, 3.8) is 0 Å². The maximum Gasteiger partial charge on any atom is 0.243 e. The molecule has 0 heterocycles. The van der Waals surface area contributed by atoms with Gasteiger partial charge in [0.15, 0.2) is 0 Å². The summed E-state index contributed by atoms with van der Waals surface area (Å²) in [5, 5.41) is 8.76. The van der Waals surface area contributed by atoms with E-state index in [-0.39, 0.29) is 24.3 Å². The summed E-state index contributed by atoms with van der Waals surface area (Å²) in [4.78, 5) is 24.2. The molecule has 0 radical (unpaired) electrons. The van der Waals surface area contributed by atoms with Crippen LogP contribution in [-0.4, -0.2) is 31.6 Å². The van der Waals surface area contributed by atoms with E-state index in [1.54, 1.807) is 18.2 Å². The SMILES string of the molecule is CC(C)C(=O)Nc1cccc(NCC(=O)Nc2cccc(OCCOc3ccccc3)c2)c1. The van der Waals surface area contributed by atoms with Gasteiger partial charge in [-0.05, 0) is 42.5 Å². The fourth-order valence-electron chi connectivity index (χ4n) is 2.88. The van der Waals surface area contributed by atoms with E-state index in [0.717, 1.165) is 11.4 Å². The zero-order chi connectivity index (χ0) is 23.5. The van der Waals surface area contributed by atoms with Crippen molar-refractivity contribution in [1.82, 2.24) is 0 Å². The van der Waals surface area contributed by atoms with Crippen LogP contribution in [0.4, 0.5) is 17.1 Å². The molecule has 0 saturated carbocycles. The fourth-order valence-corrected chi connectivity index (χ4v) is 2.88. The number of rotatable bonds is 11. The van der Waals surface area contributed by atoms with Crippen molar-refractivity contribution in [2.75, 3.05) is 35.7 Å². The molecule has 0 fully saturated rings. The zero-order valence-corrected chi connectivity index (χ0v) is 18.8. The highest BCUT2D eigenvalue weighted by molar-refractivity contribution is 5.94. The number of hydrogen-bond donors (Lipinski definition) is 3. The number of carbonyl (C=O) groups excluding carboxylic acids is 2. The van der Waals surface area contributed by atoms with Crippen molar-refractivity contribution in [3.8, 4) is 11.5 Å². The van der Waals surface area contributed by atoms with E-state index in [9.17, 15) is 9.59 Å². The van der Waals surface area contributed by atoms with Crippen LogP contribution in [0.15, 0.2) is 78.9 Å². The lowest BCUT2D eigenvalue weighted by atomic mass is 10.2. The average molecular weight is 448 g/mol. The minimum atomic E-state index is -0.198. The van der Waals surface area contributed by atoms with Crippen LogP contribution < -0.4 is 25.4 Å². The second-order valence-corrected chi connectivity index (χ2v) is 7.66. The van der Waals surface area contributed by atoms with Gasteiger partial charge in [-0.2, -0.15) is 0 Å². The molecule has 0 unspecified atom stereocenters. The van der Waals surface area contributed by atoms with Crippen LogP contribution in [0.2, 0.25) is 0 Å². The highest BCUT2D eigenvalue weighted by Crippen LogP contribution is 2.18. The van der Waals surface area contributed by atoms with E-state index in [0.29, 0.717) is 30.3 Å². The Morgan fingerprint density at radius 2 is 1.33 bits per heavy atom. The first-order valence-corrected chi connectivity index (χ1v) is 10.8. The van der Waals surface area contributed by atoms with Crippen molar-refractivity contribution < 1.29 is 19.1 Å². The molecule has 0 aliphatic heterocycles. The summed E-state index contributed by atoms with van der Waals surface area (Å²) in [7, 11) is 0. The molecule has 33 heavy (non-hydrogen) atoms. The predicted molar refractivity (Wildman–Crippen MR) is 131 cm³/mol. The summed E-state index contributed by atoms with van der Waals surface area (Å²) in [5.41, 5.74) is 2.06. The molecule has 0 saturated heterocycles. The number of hydrogen-bond acceptors (Lipinski definition) is 5. The molecule has 0 spiro atoms. The predicted octanol–water partition coefficient (Wildman–Crippen LogP) is 4.79. The van der Waals surface area contributed by atoms with Gasteiger partial charge in [0.1, 0.15) is 24.7 Å². The topological polar surface area (TPSA) is 88.7 Å². The lowest BCUT2D eigenvalue weighted by molar-refractivity contribution is -0.119. The van der Waals surface area contributed by atoms with Crippen LogP contribution in [0, 0.1) is 5.92 Å². The maximum atomic E-state index is 12.4. The summed E-state index contributed by atoms with van der Waals surface area (Å²) >= 11 is 0. The molecule has 0 atom stereocenters. The number of anilines is 3. The minimum Gasteiger partial charge on any atom is -0.490 e. The van der Waals surface area contributed by atoms with Crippen molar-refractivity contribution in [1.29, 1.82) is 0 Å². The molecule has 0 aliphatic carbocycles. The minimum absolute atomic E-state index is 0.0568. The third-order valence-electron chi connectivity index (χ3n) is 4.59. The summed E-state index contributed by atoms with van der Waals surface area (Å²) in [5.74, 6) is 1.08. The quantitative estimate of drug-likeness (QED) is 0.368. The smallest absolute Gasteiger partial charge is 0.243 e. The summed E-state index contributed by atoms with van der Waals surface area (Å²) in [6.45, 7) is 4.55. The molecule has 3 aromatic carbocycles. The van der Waals surface area contributed by atoms with Gasteiger partial charge in [-0.3, -0.25) is 9.59 Å². The molecule has 7 nitrogen and oxygen atoms in total. The van der Waals surface area contributed by atoms with Crippen molar-refractivity contribution in [3.05, 3.63) is 78.9 Å². The lowest BCUT2D eigenvalue weighted by Crippen LogP contribution is -2.22. The van der Waals surface area contributed by atoms with Gasteiger partial charge in [0.25, 0.3) is 0 Å². The third-order valence-corrected chi connectivity index (χ3v) is 4.59. The summed E-state index contributed by atoms with van der Waals surface area (Å²) in [6.07, 6.45) is 0. The first kappa shape index (κ1) is 23.7.